The number of carbonyl (C=O) groups is 1. The topological polar surface area (TPSA) is 57.7 Å². The molecule has 7 heteroatoms. The molecule has 2 aliphatic heterocycles. The highest BCUT2D eigenvalue weighted by atomic mass is 32.2. The second kappa shape index (κ2) is 5.81. The van der Waals surface area contributed by atoms with Gasteiger partial charge in [-0.05, 0) is 49.8 Å². The number of sulfonamides is 1. The van der Waals surface area contributed by atoms with Crippen molar-refractivity contribution in [3.8, 4) is 0 Å². The quantitative estimate of drug-likeness (QED) is 0.834. The SMILES string of the molecule is O=C(C1CC1)N1C[C@H]2CCCN(S(=O)(=O)c3cccc(F)c3)[C@H]2C1. The summed E-state index contributed by atoms with van der Waals surface area (Å²) in [5.74, 6) is -0.0442. The van der Waals surface area contributed by atoms with Crippen LogP contribution in [0.2, 0.25) is 0 Å². The molecule has 2 heterocycles. The van der Waals surface area contributed by atoms with Crippen LogP contribution in [0.15, 0.2) is 29.2 Å². The Bertz CT molecular complexity index is 763. The summed E-state index contributed by atoms with van der Waals surface area (Å²) in [5.41, 5.74) is 0. The summed E-state index contributed by atoms with van der Waals surface area (Å²) in [6, 6.07) is 4.98. The highest BCUT2D eigenvalue weighted by Gasteiger charge is 2.47. The van der Waals surface area contributed by atoms with Gasteiger partial charge in [0.2, 0.25) is 15.9 Å². The van der Waals surface area contributed by atoms with Crippen LogP contribution in [0.4, 0.5) is 4.39 Å². The van der Waals surface area contributed by atoms with E-state index in [4.69, 9.17) is 0 Å². The Hall–Kier alpha value is -1.47. The first-order valence-electron chi connectivity index (χ1n) is 8.53. The Morgan fingerprint density at radius 2 is 1.96 bits per heavy atom. The van der Waals surface area contributed by atoms with Crippen molar-refractivity contribution in [2.45, 2.75) is 36.6 Å². The summed E-state index contributed by atoms with van der Waals surface area (Å²) in [6.45, 7) is 1.55. The zero-order chi connectivity index (χ0) is 16.9. The third-order valence-corrected chi connectivity index (χ3v) is 7.29. The van der Waals surface area contributed by atoms with E-state index < -0.39 is 15.8 Å². The Kier molecular flexibility index (Phi) is 3.88. The average Bonchev–Trinajstić information content (AvgIpc) is 3.32. The summed E-state index contributed by atoms with van der Waals surface area (Å²) in [6.07, 6.45) is 3.63. The number of fused-ring (bicyclic) bond motifs is 1. The predicted molar refractivity (Wildman–Crippen MR) is 86.1 cm³/mol. The number of benzene rings is 1. The minimum absolute atomic E-state index is 0.00452. The molecule has 3 fully saturated rings. The predicted octanol–water partition coefficient (Wildman–Crippen LogP) is 1.85. The molecule has 1 aliphatic carbocycles. The molecule has 2 saturated heterocycles. The fourth-order valence-electron chi connectivity index (χ4n) is 3.97. The van der Waals surface area contributed by atoms with E-state index >= 15 is 0 Å². The summed E-state index contributed by atoms with van der Waals surface area (Å²) < 4.78 is 40.9. The van der Waals surface area contributed by atoms with E-state index in [1.807, 2.05) is 4.90 Å². The van der Waals surface area contributed by atoms with Crippen LogP contribution in [-0.2, 0) is 14.8 Å². The number of hydrogen-bond donors (Lipinski definition) is 0. The van der Waals surface area contributed by atoms with Crippen molar-refractivity contribution in [3.05, 3.63) is 30.1 Å². The van der Waals surface area contributed by atoms with E-state index in [0.717, 1.165) is 31.7 Å². The lowest BCUT2D eigenvalue weighted by atomic mass is 9.94. The van der Waals surface area contributed by atoms with Crippen molar-refractivity contribution in [3.63, 3.8) is 0 Å². The zero-order valence-corrected chi connectivity index (χ0v) is 14.2. The fourth-order valence-corrected chi connectivity index (χ4v) is 5.72. The van der Waals surface area contributed by atoms with Gasteiger partial charge in [-0.1, -0.05) is 6.07 Å². The van der Waals surface area contributed by atoms with Gasteiger partial charge in [0.15, 0.2) is 0 Å². The van der Waals surface area contributed by atoms with E-state index in [0.29, 0.717) is 19.6 Å². The van der Waals surface area contributed by atoms with E-state index in [-0.39, 0.29) is 28.7 Å². The molecule has 24 heavy (non-hydrogen) atoms. The van der Waals surface area contributed by atoms with Gasteiger partial charge < -0.3 is 4.90 Å². The highest BCUT2D eigenvalue weighted by Crippen LogP contribution is 2.38. The molecule has 1 aromatic rings. The van der Waals surface area contributed by atoms with Gasteiger partial charge >= 0.3 is 0 Å². The summed E-state index contributed by atoms with van der Waals surface area (Å²) in [7, 11) is -3.74. The first kappa shape index (κ1) is 16.0. The number of halogens is 1. The molecule has 0 unspecified atom stereocenters. The van der Waals surface area contributed by atoms with Gasteiger partial charge in [0.1, 0.15) is 5.82 Å². The smallest absolute Gasteiger partial charge is 0.243 e. The third-order valence-electron chi connectivity index (χ3n) is 5.37. The van der Waals surface area contributed by atoms with Crippen LogP contribution in [0.3, 0.4) is 0 Å². The van der Waals surface area contributed by atoms with Crippen LogP contribution in [0.25, 0.3) is 0 Å². The summed E-state index contributed by atoms with van der Waals surface area (Å²) in [4.78, 5) is 14.2. The van der Waals surface area contributed by atoms with Gasteiger partial charge in [-0.2, -0.15) is 4.31 Å². The normalized spacial score (nSPS) is 28.0. The van der Waals surface area contributed by atoms with E-state index in [1.54, 1.807) is 0 Å². The lowest BCUT2D eigenvalue weighted by Gasteiger charge is -2.35. The van der Waals surface area contributed by atoms with Gasteiger partial charge in [0, 0.05) is 31.6 Å². The minimum Gasteiger partial charge on any atom is -0.340 e. The van der Waals surface area contributed by atoms with Crippen molar-refractivity contribution in [2.75, 3.05) is 19.6 Å². The van der Waals surface area contributed by atoms with Gasteiger partial charge in [0.05, 0.1) is 4.90 Å². The number of nitrogens with zero attached hydrogens (tertiary/aromatic N) is 2. The molecule has 1 amide bonds. The largest absolute Gasteiger partial charge is 0.340 e. The molecule has 4 rings (SSSR count). The van der Waals surface area contributed by atoms with Gasteiger partial charge in [-0.25, -0.2) is 12.8 Å². The highest BCUT2D eigenvalue weighted by molar-refractivity contribution is 7.89. The number of hydrogen-bond acceptors (Lipinski definition) is 3. The van der Waals surface area contributed by atoms with Crippen molar-refractivity contribution in [1.29, 1.82) is 0 Å². The standard InChI is InChI=1S/C17H21FN2O3S/c18-14-4-1-5-15(9-14)24(22,23)20-8-2-3-13-10-19(11-16(13)20)17(21)12-6-7-12/h1,4-5,9,12-13,16H,2-3,6-8,10-11H2/t13-,16+/m1/s1. The van der Waals surface area contributed by atoms with E-state index in [2.05, 4.69) is 0 Å². The molecular formula is C17H21FN2O3S. The van der Waals surface area contributed by atoms with Crippen LogP contribution < -0.4 is 0 Å². The number of likely N-dealkylation sites (tertiary alicyclic amines) is 1. The molecule has 1 aromatic carbocycles. The van der Waals surface area contributed by atoms with E-state index in [1.165, 1.54) is 22.5 Å². The lowest BCUT2D eigenvalue weighted by molar-refractivity contribution is -0.131. The van der Waals surface area contributed by atoms with Crippen LogP contribution >= 0.6 is 0 Å². The Morgan fingerprint density at radius 3 is 2.67 bits per heavy atom. The third kappa shape index (κ3) is 2.73. The monoisotopic (exact) mass is 352 g/mol. The van der Waals surface area contributed by atoms with Crippen molar-refractivity contribution >= 4 is 15.9 Å². The number of rotatable bonds is 3. The van der Waals surface area contributed by atoms with Gasteiger partial charge in [0.25, 0.3) is 0 Å². The minimum atomic E-state index is -3.74. The van der Waals surface area contributed by atoms with Crippen LogP contribution in [0.5, 0.6) is 0 Å². The fraction of sp³-hybridized carbons (Fsp3) is 0.588. The average molecular weight is 352 g/mol. The number of amides is 1. The molecule has 130 valence electrons. The molecule has 5 nitrogen and oxygen atoms in total. The summed E-state index contributed by atoms with van der Waals surface area (Å²) >= 11 is 0. The molecule has 0 bridgehead atoms. The molecular weight excluding hydrogens is 331 g/mol. The number of piperidine rings is 1. The van der Waals surface area contributed by atoms with Crippen LogP contribution in [-0.4, -0.2) is 49.2 Å². The Labute approximate surface area is 141 Å². The zero-order valence-electron chi connectivity index (χ0n) is 13.4. The molecule has 0 aromatic heterocycles. The van der Waals surface area contributed by atoms with Crippen LogP contribution in [0, 0.1) is 17.7 Å². The summed E-state index contributed by atoms with van der Waals surface area (Å²) in [5, 5.41) is 0. The molecule has 3 aliphatic rings. The molecule has 0 spiro atoms. The maximum atomic E-state index is 13.5. The van der Waals surface area contributed by atoms with E-state index in [9.17, 15) is 17.6 Å². The Morgan fingerprint density at radius 1 is 1.17 bits per heavy atom. The second-order valence-electron chi connectivity index (χ2n) is 7.06. The van der Waals surface area contributed by atoms with Gasteiger partial charge in [-0.15, -0.1) is 0 Å². The molecule has 0 radical (unpaired) electrons. The second-order valence-corrected chi connectivity index (χ2v) is 8.95. The number of carbonyl (C=O) groups excluding carboxylic acids is 1. The Balaban J connectivity index is 1.59. The van der Waals surface area contributed by atoms with Crippen molar-refractivity contribution in [2.24, 2.45) is 11.8 Å². The molecule has 2 atom stereocenters. The van der Waals surface area contributed by atoms with Crippen molar-refractivity contribution < 1.29 is 17.6 Å². The first-order valence-corrected chi connectivity index (χ1v) is 9.97. The van der Waals surface area contributed by atoms with Crippen molar-refractivity contribution in [1.82, 2.24) is 9.21 Å². The van der Waals surface area contributed by atoms with Crippen LogP contribution in [0.1, 0.15) is 25.7 Å². The lowest BCUT2D eigenvalue weighted by Crippen LogP contribution is -2.48. The molecule has 0 N–H and O–H groups in total. The molecule has 1 saturated carbocycles. The maximum Gasteiger partial charge on any atom is 0.243 e. The first-order chi connectivity index (χ1) is 11.5. The maximum absolute atomic E-state index is 13.5. The van der Waals surface area contributed by atoms with Gasteiger partial charge in [-0.3, -0.25) is 4.79 Å².